The van der Waals surface area contributed by atoms with Crippen LogP contribution < -0.4 is 16.0 Å². The van der Waals surface area contributed by atoms with E-state index in [1.807, 2.05) is 42.5 Å². The minimum absolute atomic E-state index is 0.0629. The van der Waals surface area contributed by atoms with Crippen LogP contribution in [0.3, 0.4) is 0 Å². The number of ether oxygens (including phenoxy) is 1. The van der Waals surface area contributed by atoms with Gasteiger partial charge < -0.3 is 25.6 Å². The van der Waals surface area contributed by atoms with E-state index in [2.05, 4.69) is 5.32 Å². The summed E-state index contributed by atoms with van der Waals surface area (Å²) in [7, 11) is 1.57. The van der Waals surface area contributed by atoms with Crippen molar-refractivity contribution >= 4 is 29.2 Å². The van der Waals surface area contributed by atoms with E-state index in [1.165, 1.54) is 4.90 Å². The smallest absolute Gasteiger partial charge is 0.322 e. The second kappa shape index (κ2) is 8.03. The summed E-state index contributed by atoms with van der Waals surface area (Å²) >= 11 is 0. The molecule has 1 fully saturated rings. The van der Waals surface area contributed by atoms with Gasteiger partial charge >= 0.3 is 6.03 Å². The third-order valence-corrected chi connectivity index (χ3v) is 6.34. The fourth-order valence-corrected chi connectivity index (χ4v) is 4.86. The zero-order valence-corrected chi connectivity index (χ0v) is 17.6. The number of carbonyl (C=O) groups excluding carboxylic acids is 3. The molecule has 3 N–H and O–H groups in total. The average molecular weight is 422 g/mol. The van der Waals surface area contributed by atoms with Crippen LogP contribution in [0.5, 0.6) is 0 Å². The summed E-state index contributed by atoms with van der Waals surface area (Å²) in [4.78, 5) is 42.6. The summed E-state index contributed by atoms with van der Waals surface area (Å²) in [6, 6.07) is 16.0. The molecular formula is C23H26N4O4. The van der Waals surface area contributed by atoms with Crippen LogP contribution in [0.2, 0.25) is 0 Å². The van der Waals surface area contributed by atoms with Gasteiger partial charge in [0.05, 0.1) is 12.5 Å². The number of anilines is 2. The molecule has 2 aliphatic heterocycles. The molecule has 2 heterocycles. The van der Waals surface area contributed by atoms with Crippen molar-refractivity contribution in [2.24, 2.45) is 11.7 Å². The first-order valence-corrected chi connectivity index (χ1v) is 10.2. The van der Waals surface area contributed by atoms with Crippen LogP contribution in [-0.2, 0) is 14.3 Å². The van der Waals surface area contributed by atoms with Crippen molar-refractivity contribution in [1.82, 2.24) is 4.90 Å². The van der Waals surface area contributed by atoms with Crippen molar-refractivity contribution in [3.63, 3.8) is 0 Å². The molecule has 2 aromatic rings. The van der Waals surface area contributed by atoms with Crippen molar-refractivity contribution in [2.45, 2.75) is 18.4 Å². The van der Waals surface area contributed by atoms with Crippen molar-refractivity contribution in [2.75, 3.05) is 37.0 Å². The van der Waals surface area contributed by atoms with E-state index in [4.69, 9.17) is 10.5 Å². The normalized spacial score (nSPS) is 24.5. The average Bonchev–Trinajstić information content (AvgIpc) is 3.09. The monoisotopic (exact) mass is 422 g/mol. The number of nitrogens with zero attached hydrogens (tertiary/aromatic N) is 2. The Morgan fingerprint density at radius 1 is 1.16 bits per heavy atom. The van der Waals surface area contributed by atoms with Crippen molar-refractivity contribution in [3.05, 3.63) is 60.2 Å². The van der Waals surface area contributed by atoms with E-state index in [9.17, 15) is 14.4 Å². The molecule has 2 aliphatic rings. The maximum absolute atomic E-state index is 13.8. The lowest BCUT2D eigenvalue weighted by atomic mass is 9.72. The second-order valence-corrected chi connectivity index (χ2v) is 8.05. The zero-order chi connectivity index (χ0) is 22.2. The third-order valence-electron chi connectivity index (χ3n) is 6.34. The van der Waals surface area contributed by atoms with Crippen LogP contribution in [0.25, 0.3) is 0 Å². The van der Waals surface area contributed by atoms with E-state index in [1.54, 1.807) is 31.1 Å². The Bertz CT molecular complexity index is 1010. The quantitative estimate of drug-likeness (QED) is 0.770. The number of fused-ring (bicyclic) bond motifs is 3. The number of nitrogens with one attached hydrogen (secondary N) is 1. The van der Waals surface area contributed by atoms with Gasteiger partial charge in [-0.3, -0.25) is 9.59 Å². The molecule has 0 radical (unpaired) electrons. The molecule has 0 unspecified atom stereocenters. The lowest BCUT2D eigenvalue weighted by molar-refractivity contribution is -0.128. The Labute approximate surface area is 180 Å². The number of likely N-dealkylation sites (tertiary alicyclic amines) is 1. The number of nitrogens with two attached hydrogens (primary N) is 1. The Balaban J connectivity index is 1.79. The Morgan fingerprint density at radius 2 is 1.84 bits per heavy atom. The molecular weight excluding hydrogens is 396 g/mol. The van der Waals surface area contributed by atoms with Crippen molar-refractivity contribution in [3.8, 4) is 0 Å². The van der Waals surface area contributed by atoms with Crippen LogP contribution in [0.1, 0.15) is 18.4 Å². The number of methoxy groups -OCH3 is 1. The summed E-state index contributed by atoms with van der Waals surface area (Å²) in [6.45, 7) is 2.47. The number of hydrogen-bond acceptors (Lipinski definition) is 4. The maximum Gasteiger partial charge on any atom is 0.322 e. The Hall–Kier alpha value is -3.39. The van der Waals surface area contributed by atoms with Gasteiger partial charge in [-0.1, -0.05) is 36.4 Å². The van der Waals surface area contributed by atoms with E-state index >= 15 is 0 Å². The van der Waals surface area contributed by atoms with E-state index < -0.39 is 29.3 Å². The third kappa shape index (κ3) is 3.33. The number of primary amides is 1. The van der Waals surface area contributed by atoms with Gasteiger partial charge in [0.15, 0.2) is 0 Å². The highest BCUT2D eigenvalue weighted by atomic mass is 16.5. The molecule has 31 heavy (non-hydrogen) atoms. The summed E-state index contributed by atoms with van der Waals surface area (Å²) in [5, 5.41) is 2.84. The van der Waals surface area contributed by atoms with Crippen LogP contribution in [0.4, 0.5) is 16.2 Å². The molecule has 162 valence electrons. The van der Waals surface area contributed by atoms with E-state index in [0.29, 0.717) is 18.8 Å². The first kappa shape index (κ1) is 20.9. The molecule has 3 atom stereocenters. The SMILES string of the molecule is COCCN1C(=O)[C@]2(C)[C@H](c3ccccc31)[C@@H](C(N)=O)CN2C(=O)Nc1ccccc1. The molecule has 0 aliphatic carbocycles. The Kier molecular flexibility index (Phi) is 5.41. The van der Waals surface area contributed by atoms with E-state index in [0.717, 1.165) is 11.3 Å². The lowest BCUT2D eigenvalue weighted by Gasteiger charge is -2.46. The largest absolute Gasteiger partial charge is 0.383 e. The van der Waals surface area contributed by atoms with Crippen LogP contribution in [0.15, 0.2) is 54.6 Å². The van der Waals surface area contributed by atoms with Gasteiger partial charge in [-0.25, -0.2) is 4.79 Å². The van der Waals surface area contributed by atoms with Gasteiger partial charge in [-0.15, -0.1) is 0 Å². The second-order valence-electron chi connectivity index (χ2n) is 8.05. The molecule has 4 amide bonds. The number of carbonyl (C=O) groups is 3. The fourth-order valence-electron chi connectivity index (χ4n) is 4.86. The van der Waals surface area contributed by atoms with Crippen LogP contribution >= 0.6 is 0 Å². The number of urea groups is 1. The highest BCUT2D eigenvalue weighted by molar-refractivity contribution is 6.08. The first-order chi connectivity index (χ1) is 14.9. The van der Waals surface area contributed by atoms with Crippen LogP contribution in [0, 0.1) is 5.92 Å². The number of para-hydroxylation sites is 2. The minimum atomic E-state index is -1.26. The predicted octanol–water partition coefficient (Wildman–Crippen LogP) is 2.17. The van der Waals surface area contributed by atoms with Gasteiger partial charge in [0.1, 0.15) is 5.54 Å². The lowest BCUT2D eigenvalue weighted by Crippen LogP contribution is -2.62. The molecule has 1 saturated heterocycles. The number of hydrogen-bond donors (Lipinski definition) is 2. The van der Waals surface area contributed by atoms with E-state index in [-0.39, 0.29) is 12.5 Å². The molecule has 4 rings (SSSR count). The minimum Gasteiger partial charge on any atom is -0.383 e. The molecule has 0 aromatic heterocycles. The number of rotatable bonds is 5. The van der Waals surface area contributed by atoms with Crippen LogP contribution in [-0.4, -0.2) is 55.1 Å². The Morgan fingerprint density at radius 3 is 2.52 bits per heavy atom. The number of benzene rings is 2. The van der Waals surface area contributed by atoms with Gasteiger partial charge in [0.2, 0.25) is 5.91 Å². The molecule has 0 saturated carbocycles. The molecule has 0 bridgehead atoms. The van der Waals surface area contributed by atoms with Gasteiger partial charge in [0, 0.05) is 37.5 Å². The molecule has 0 spiro atoms. The predicted molar refractivity (Wildman–Crippen MR) is 117 cm³/mol. The highest BCUT2D eigenvalue weighted by Crippen LogP contribution is 2.52. The topological polar surface area (TPSA) is 105 Å². The highest BCUT2D eigenvalue weighted by Gasteiger charge is 2.63. The molecule has 8 heteroatoms. The maximum atomic E-state index is 13.8. The standard InChI is InChI=1S/C23H26N4O4/c1-23-19(16-10-6-7-11-18(16)26(21(23)29)12-13-31-2)17(20(24)28)14-27(23)22(30)25-15-8-4-3-5-9-15/h3-11,17,19H,12-14H2,1-2H3,(H2,24,28)(H,25,30)/t17-,19+,23-/m0/s1. The van der Waals surface area contributed by atoms with Gasteiger partial charge in [-0.05, 0) is 30.7 Å². The summed E-state index contributed by atoms with van der Waals surface area (Å²) < 4.78 is 5.20. The summed E-state index contributed by atoms with van der Waals surface area (Å²) in [6.07, 6.45) is 0. The first-order valence-electron chi connectivity index (χ1n) is 10.2. The summed E-state index contributed by atoms with van der Waals surface area (Å²) in [5.74, 6) is -1.99. The molecule has 8 nitrogen and oxygen atoms in total. The van der Waals surface area contributed by atoms with Crippen molar-refractivity contribution < 1.29 is 19.1 Å². The molecule has 2 aromatic carbocycles. The van der Waals surface area contributed by atoms with Gasteiger partial charge in [0.25, 0.3) is 5.91 Å². The number of amides is 4. The fraction of sp³-hybridized carbons (Fsp3) is 0.348. The van der Waals surface area contributed by atoms with Crippen molar-refractivity contribution in [1.29, 1.82) is 0 Å². The summed E-state index contributed by atoms with van der Waals surface area (Å²) in [5.41, 5.74) is 6.66. The van der Waals surface area contributed by atoms with Gasteiger partial charge in [-0.2, -0.15) is 0 Å². The zero-order valence-electron chi connectivity index (χ0n) is 17.6.